The van der Waals surface area contributed by atoms with E-state index in [1.54, 1.807) is 37.2 Å². The highest BCUT2D eigenvalue weighted by Crippen LogP contribution is 2.32. The Kier molecular flexibility index (Phi) is 6.39. The number of aromatic nitrogens is 2. The number of likely N-dealkylation sites (N-methyl/N-ethyl adjacent to an activating group) is 1. The van der Waals surface area contributed by atoms with E-state index in [2.05, 4.69) is 15.7 Å². The van der Waals surface area contributed by atoms with Crippen molar-refractivity contribution in [2.45, 2.75) is 24.9 Å². The molecule has 0 bridgehead atoms. The van der Waals surface area contributed by atoms with Gasteiger partial charge in [0.1, 0.15) is 17.6 Å². The molecule has 136 valence electrons. The molecule has 1 aliphatic heterocycles. The normalized spacial score (nSPS) is 17.5. The third-order valence-corrected chi connectivity index (χ3v) is 4.17. The number of halogens is 2. The number of benzene rings is 1. The Morgan fingerprint density at radius 1 is 1.48 bits per heavy atom. The second-order valence-corrected chi connectivity index (χ2v) is 5.90. The zero-order chi connectivity index (χ0) is 17.1. The van der Waals surface area contributed by atoms with E-state index < -0.39 is 6.04 Å². The molecule has 2 atom stereocenters. The maximum Gasteiger partial charge on any atom is 0.242 e. The molecule has 1 aromatic heterocycles. The summed E-state index contributed by atoms with van der Waals surface area (Å²) in [7, 11) is 3.52. The number of aryl methyl sites for hydroxylation is 1. The Balaban J connectivity index is 0.00000225. The van der Waals surface area contributed by atoms with Crippen LogP contribution >= 0.6 is 12.4 Å². The Morgan fingerprint density at radius 2 is 2.28 bits per heavy atom. The fourth-order valence-electron chi connectivity index (χ4n) is 2.99. The van der Waals surface area contributed by atoms with Crippen LogP contribution in [0.1, 0.15) is 36.1 Å². The Bertz CT molecular complexity index is 737. The van der Waals surface area contributed by atoms with Gasteiger partial charge in [-0.25, -0.2) is 4.39 Å². The molecule has 0 radical (unpaired) electrons. The van der Waals surface area contributed by atoms with Crippen LogP contribution in [-0.4, -0.2) is 29.3 Å². The fraction of sp³-hybridized carbons (Fsp3) is 0.412. The van der Waals surface area contributed by atoms with E-state index in [1.165, 1.54) is 12.1 Å². The lowest BCUT2D eigenvalue weighted by atomic mass is 10.0. The van der Waals surface area contributed by atoms with Gasteiger partial charge in [-0.05, 0) is 38.1 Å². The van der Waals surface area contributed by atoms with Crippen molar-refractivity contribution in [2.24, 2.45) is 7.05 Å². The number of rotatable bonds is 4. The highest BCUT2D eigenvalue weighted by Gasteiger charge is 2.26. The molecule has 1 aliphatic rings. The lowest BCUT2D eigenvalue weighted by molar-refractivity contribution is -0.124. The van der Waals surface area contributed by atoms with E-state index in [0.717, 1.165) is 12.0 Å². The molecular weight excluding hydrogens is 347 g/mol. The fourth-order valence-corrected chi connectivity index (χ4v) is 2.99. The number of fused-ring (bicyclic) bond motifs is 1. The molecule has 0 saturated heterocycles. The summed E-state index contributed by atoms with van der Waals surface area (Å²) in [6.45, 7) is 0.559. The van der Waals surface area contributed by atoms with Gasteiger partial charge in [-0.3, -0.25) is 9.48 Å². The molecule has 6 nitrogen and oxygen atoms in total. The van der Waals surface area contributed by atoms with Gasteiger partial charge in [0.25, 0.3) is 0 Å². The molecule has 3 rings (SSSR count). The summed E-state index contributed by atoms with van der Waals surface area (Å²) in [5.41, 5.74) is 1.46. The van der Waals surface area contributed by atoms with Crippen LogP contribution in [0.4, 0.5) is 4.39 Å². The third-order valence-electron chi connectivity index (χ3n) is 4.17. The third kappa shape index (κ3) is 4.29. The standard InChI is InChI=1S/C17H21FN4O2.ClH/c1-19-16(11-9-20-22(2)10-11)17(23)21-14-4-3-7-24-15-6-5-12(18)8-13(14)15;/h5-6,8-10,14,16,19H,3-4,7H2,1-2H3,(H,21,23);1H. The van der Waals surface area contributed by atoms with Gasteiger partial charge in [0.05, 0.1) is 18.8 Å². The van der Waals surface area contributed by atoms with Gasteiger partial charge < -0.3 is 15.4 Å². The predicted molar refractivity (Wildman–Crippen MR) is 94.3 cm³/mol. The average molecular weight is 369 g/mol. The van der Waals surface area contributed by atoms with Gasteiger partial charge in [-0.2, -0.15) is 5.10 Å². The quantitative estimate of drug-likeness (QED) is 0.868. The molecule has 2 N–H and O–H groups in total. The van der Waals surface area contributed by atoms with Gasteiger partial charge >= 0.3 is 0 Å². The zero-order valence-electron chi connectivity index (χ0n) is 14.2. The minimum absolute atomic E-state index is 0. The van der Waals surface area contributed by atoms with Crippen molar-refractivity contribution >= 4 is 18.3 Å². The summed E-state index contributed by atoms with van der Waals surface area (Å²) in [4.78, 5) is 12.7. The Labute approximate surface area is 152 Å². The molecule has 0 fully saturated rings. The van der Waals surface area contributed by atoms with Gasteiger partial charge in [-0.15, -0.1) is 12.4 Å². The second-order valence-electron chi connectivity index (χ2n) is 5.90. The predicted octanol–water partition coefficient (Wildman–Crippen LogP) is 2.27. The summed E-state index contributed by atoms with van der Waals surface area (Å²) >= 11 is 0. The molecule has 8 heteroatoms. The van der Waals surface area contributed by atoms with Crippen LogP contribution in [0.5, 0.6) is 5.75 Å². The summed E-state index contributed by atoms with van der Waals surface area (Å²) in [5, 5.41) is 10.1. The maximum atomic E-state index is 13.6. The minimum atomic E-state index is -0.514. The Hall–Kier alpha value is -2.12. The first-order valence-corrected chi connectivity index (χ1v) is 7.97. The Morgan fingerprint density at radius 3 is 2.96 bits per heavy atom. The first-order chi connectivity index (χ1) is 11.6. The number of hydrogen-bond acceptors (Lipinski definition) is 4. The number of amides is 1. The summed E-state index contributed by atoms with van der Waals surface area (Å²) in [5.74, 6) is 0.116. The van der Waals surface area contributed by atoms with Crippen molar-refractivity contribution in [1.29, 1.82) is 0 Å². The monoisotopic (exact) mass is 368 g/mol. The van der Waals surface area contributed by atoms with Crippen LogP contribution in [-0.2, 0) is 11.8 Å². The average Bonchev–Trinajstić information content (AvgIpc) is 2.88. The van der Waals surface area contributed by atoms with Crippen molar-refractivity contribution < 1.29 is 13.9 Å². The molecule has 2 aromatic rings. The first-order valence-electron chi connectivity index (χ1n) is 7.97. The van der Waals surface area contributed by atoms with Crippen LogP contribution in [0, 0.1) is 5.82 Å². The van der Waals surface area contributed by atoms with E-state index in [0.29, 0.717) is 24.3 Å². The van der Waals surface area contributed by atoms with E-state index in [1.807, 2.05) is 0 Å². The second kappa shape index (κ2) is 8.31. The number of nitrogens with zero attached hydrogens (tertiary/aromatic N) is 2. The smallest absolute Gasteiger partial charge is 0.242 e. The minimum Gasteiger partial charge on any atom is -0.493 e. The molecule has 0 spiro atoms. The van der Waals surface area contributed by atoms with Crippen molar-refractivity contribution in [1.82, 2.24) is 20.4 Å². The van der Waals surface area contributed by atoms with Crippen LogP contribution in [0.15, 0.2) is 30.6 Å². The number of carbonyl (C=O) groups is 1. The van der Waals surface area contributed by atoms with Crippen molar-refractivity contribution in [3.8, 4) is 5.75 Å². The molecule has 0 saturated carbocycles. The molecule has 2 heterocycles. The molecule has 25 heavy (non-hydrogen) atoms. The van der Waals surface area contributed by atoms with Crippen LogP contribution in [0.2, 0.25) is 0 Å². The zero-order valence-corrected chi connectivity index (χ0v) is 15.0. The number of ether oxygens (including phenoxy) is 1. The summed E-state index contributed by atoms with van der Waals surface area (Å²) in [6, 6.07) is 3.63. The van der Waals surface area contributed by atoms with Gasteiger partial charge in [0.15, 0.2) is 0 Å². The van der Waals surface area contributed by atoms with E-state index >= 15 is 0 Å². The van der Waals surface area contributed by atoms with Crippen LogP contribution < -0.4 is 15.4 Å². The molecule has 1 aromatic carbocycles. The molecule has 0 aliphatic carbocycles. The van der Waals surface area contributed by atoms with Crippen molar-refractivity contribution in [2.75, 3.05) is 13.7 Å². The van der Waals surface area contributed by atoms with Gasteiger partial charge in [-0.1, -0.05) is 0 Å². The molecular formula is C17H22ClFN4O2. The van der Waals surface area contributed by atoms with Gasteiger partial charge in [0, 0.05) is 24.4 Å². The molecule has 2 unspecified atom stereocenters. The van der Waals surface area contributed by atoms with E-state index in [4.69, 9.17) is 4.74 Å². The largest absolute Gasteiger partial charge is 0.493 e. The van der Waals surface area contributed by atoms with E-state index in [9.17, 15) is 9.18 Å². The number of nitrogens with one attached hydrogen (secondary N) is 2. The first kappa shape index (κ1) is 19.2. The summed E-state index contributed by atoms with van der Waals surface area (Å²) < 4.78 is 20.9. The lowest BCUT2D eigenvalue weighted by Crippen LogP contribution is -2.38. The maximum absolute atomic E-state index is 13.6. The van der Waals surface area contributed by atoms with Crippen LogP contribution in [0.25, 0.3) is 0 Å². The highest BCUT2D eigenvalue weighted by atomic mass is 35.5. The van der Waals surface area contributed by atoms with Gasteiger partial charge in [0.2, 0.25) is 5.91 Å². The van der Waals surface area contributed by atoms with Crippen LogP contribution in [0.3, 0.4) is 0 Å². The van der Waals surface area contributed by atoms with E-state index in [-0.39, 0.29) is 30.2 Å². The highest BCUT2D eigenvalue weighted by molar-refractivity contribution is 5.85. The lowest BCUT2D eigenvalue weighted by Gasteiger charge is -2.22. The molecule has 1 amide bonds. The van der Waals surface area contributed by atoms with Crippen molar-refractivity contribution in [3.63, 3.8) is 0 Å². The number of carbonyl (C=O) groups excluding carboxylic acids is 1. The van der Waals surface area contributed by atoms with Crippen molar-refractivity contribution in [3.05, 3.63) is 47.5 Å². The summed E-state index contributed by atoms with van der Waals surface area (Å²) in [6.07, 6.45) is 4.94. The SMILES string of the molecule is CNC(C(=O)NC1CCCOc2ccc(F)cc21)c1cnn(C)c1.Cl. The topological polar surface area (TPSA) is 68.2 Å². The number of hydrogen-bond donors (Lipinski definition) is 2.